The molecule has 1 fully saturated rings. The minimum Gasteiger partial charge on any atom is -0.312 e. The van der Waals surface area contributed by atoms with Crippen molar-refractivity contribution < 1.29 is 0 Å². The van der Waals surface area contributed by atoms with Crippen molar-refractivity contribution in [3.8, 4) is 0 Å². The molecule has 3 heteroatoms. The van der Waals surface area contributed by atoms with Crippen molar-refractivity contribution in [1.29, 1.82) is 0 Å². The molecule has 1 aromatic heterocycles. The Hall–Kier alpha value is -0.830. The Balaban J connectivity index is 2.25. The molecule has 1 N–H and O–H groups in total. The van der Waals surface area contributed by atoms with Crippen LogP contribution in [-0.4, -0.2) is 22.4 Å². The third kappa shape index (κ3) is 3.88. The van der Waals surface area contributed by atoms with E-state index in [0.717, 1.165) is 13.0 Å². The third-order valence-corrected chi connectivity index (χ3v) is 5.03. The van der Waals surface area contributed by atoms with Crippen LogP contribution in [0.4, 0.5) is 0 Å². The van der Waals surface area contributed by atoms with Gasteiger partial charge >= 0.3 is 0 Å². The van der Waals surface area contributed by atoms with E-state index < -0.39 is 0 Å². The Bertz CT molecular complexity index is 434. The largest absolute Gasteiger partial charge is 0.312 e. The summed E-state index contributed by atoms with van der Waals surface area (Å²) in [6.45, 7) is 10.0. The van der Waals surface area contributed by atoms with Gasteiger partial charge in [-0.3, -0.25) is 4.68 Å². The first-order valence-electron chi connectivity index (χ1n) is 8.97. The van der Waals surface area contributed by atoms with Crippen molar-refractivity contribution in [1.82, 2.24) is 15.1 Å². The number of nitrogens with zero attached hydrogens (tertiary/aromatic N) is 2. The van der Waals surface area contributed by atoms with E-state index in [1.807, 2.05) is 0 Å². The minimum atomic E-state index is 0.538. The van der Waals surface area contributed by atoms with Crippen LogP contribution in [0.15, 0.2) is 0 Å². The quantitative estimate of drug-likeness (QED) is 0.875. The summed E-state index contributed by atoms with van der Waals surface area (Å²) in [6, 6.07) is 1.13. The van der Waals surface area contributed by atoms with Gasteiger partial charge < -0.3 is 5.32 Å². The second-order valence-corrected chi connectivity index (χ2v) is 6.57. The topological polar surface area (TPSA) is 29.9 Å². The minimum absolute atomic E-state index is 0.538. The van der Waals surface area contributed by atoms with Gasteiger partial charge in [0.05, 0.1) is 11.7 Å². The average molecular weight is 291 g/mol. The van der Waals surface area contributed by atoms with Crippen molar-refractivity contribution in [3.63, 3.8) is 0 Å². The summed E-state index contributed by atoms with van der Waals surface area (Å²) in [6.07, 6.45) is 10.4. The van der Waals surface area contributed by atoms with Crippen LogP contribution < -0.4 is 5.32 Å². The van der Waals surface area contributed by atoms with E-state index in [1.54, 1.807) is 0 Å². The predicted molar refractivity (Wildman–Crippen MR) is 89.9 cm³/mol. The van der Waals surface area contributed by atoms with Crippen molar-refractivity contribution >= 4 is 0 Å². The van der Waals surface area contributed by atoms with Gasteiger partial charge in [-0.2, -0.15) is 5.10 Å². The molecule has 21 heavy (non-hydrogen) atoms. The smallest absolute Gasteiger partial charge is 0.0675 e. The molecule has 0 amide bonds. The normalized spacial score (nSPS) is 23.8. The van der Waals surface area contributed by atoms with E-state index in [1.165, 1.54) is 61.9 Å². The molecule has 1 aliphatic carbocycles. The highest BCUT2D eigenvalue weighted by Gasteiger charge is 2.26. The standard InChI is InChI=1S/C18H33N3/c1-5-13-19-17-11-9-7-8-10-12-18(17)21-15(4)16(6-2)14(3)20-21/h17-19H,5-13H2,1-4H3. The fraction of sp³-hybridized carbons (Fsp3) is 0.833. The maximum absolute atomic E-state index is 4.91. The van der Waals surface area contributed by atoms with Gasteiger partial charge in [0.25, 0.3) is 0 Å². The molecule has 0 spiro atoms. The van der Waals surface area contributed by atoms with Crippen molar-refractivity contribution in [2.24, 2.45) is 0 Å². The van der Waals surface area contributed by atoms with E-state index in [-0.39, 0.29) is 0 Å². The lowest BCUT2D eigenvalue weighted by atomic mass is 9.92. The van der Waals surface area contributed by atoms with Crippen LogP contribution >= 0.6 is 0 Å². The number of aromatic nitrogens is 2. The third-order valence-electron chi connectivity index (χ3n) is 5.03. The highest BCUT2D eigenvalue weighted by atomic mass is 15.3. The van der Waals surface area contributed by atoms with Gasteiger partial charge in [-0.05, 0) is 51.6 Å². The lowest BCUT2D eigenvalue weighted by Gasteiger charge is -2.31. The molecule has 2 atom stereocenters. The fourth-order valence-electron chi connectivity index (χ4n) is 3.86. The maximum Gasteiger partial charge on any atom is 0.0675 e. The molecule has 0 aromatic carbocycles. The van der Waals surface area contributed by atoms with Crippen LogP contribution in [0.2, 0.25) is 0 Å². The molecule has 2 rings (SSSR count). The van der Waals surface area contributed by atoms with Gasteiger partial charge in [-0.1, -0.05) is 39.5 Å². The molecular formula is C18H33N3. The molecular weight excluding hydrogens is 258 g/mol. The number of aryl methyl sites for hydroxylation is 1. The summed E-state index contributed by atoms with van der Waals surface area (Å²) in [5.41, 5.74) is 4.07. The SMILES string of the molecule is CCCNC1CCCCCCC1n1nc(C)c(CC)c1C. The lowest BCUT2D eigenvalue weighted by Crippen LogP contribution is -2.39. The zero-order chi connectivity index (χ0) is 15.2. The Labute approximate surface area is 130 Å². The molecule has 3 nitrogen and oxygen atoms in total. The highest BCUT2D eigenvalue weighted by Crippen LogP contribution is 2.29. The molecule has 120 valence electrons. The van der Waals surface area contributed by atoms with Crippen LogP contribution in [0.5, 0.6) is 0 Å². The van der Waals surface area contributed by atoms with Crippen molar-refractivity contribution in [2.75, 3.05) is 6.54 Å². The molecule has 1 saturated carbocycles. The van der Waals surface area contributed by atoms with Gasteiger partial charge in [0, 0.05) is 11.7 Å². The number of hydrogen-bond acceptors (Lipinski definition) is 2. The Morgan fingerprint density at radius 1 is 1.10 bits per heavy atom. The number of rotatable bonds is 5. The van der Waals surface area contributed by atoms with Crippen molar-refractivity contribution in [2.45, 2.75) is 91.1 Å². The van der Waals surface area contributed by atoms with Gasteiger partial charge in [0.2, 0.25) is 0 Å². The zero-order valence-electron chi connectivity index (χ0n) is 14.4. The number of nitrogens with one attached hydrogen (secondary N) is 1. The summed E-state index contributed by atoms with van der Waals surface area (Å²) in [5, 5.41) is 8.71. The van der Waals surface area contributed by atoms with Crippen LogP contribution in [0, 0.1) is 13.8 Å². The van der Waals surface area contributed by atoms with Crippen LogP contribution in [-0.2, 0) is 6.42 Å². The maximum atomic E-state index is 4.91. The Morgan fingerprint density at radius 3 is 2.43 bits per heavy atom. The van der Waals surface area contributed by atoms with Gasteiger partial charge in [0.1, 0.15) is 0 Å². The highest BCUT2D eigenvalue weighted by molar-refractivity contribution is 5.25. The lowest BCUT2D eigenvalue weighted by molar-refractivity contribution is 0.263. The second kappa shape index (κ2) is 7.98. The zero-order valence-corrected chi connectivity index (χ0v) is 14.4. The Morgan fingerprint density at radius 2 is 1.81 bits per heavy atom. The van der Waals surface area contributed by atoms with Gasteiger partial charge in [0.15, 0.2) is 0 Å². The van der Waals surface area contributed by atoms with Gasteiger partial charge in [-0.15, -0.1) is 0 Å². The molecule has 0 radical (unpaired) electrons. The van der Waals surface area contributed by atoms with E-state index >= 15 is 0 Å². The van der Waals surface area contributed by atoms with Gasteiger partial charge in [-0.25, -0.2) is 0 Å². The first-order chi connectivity index (χ1) is 10.2. The van der Waals surface area contributed by atoms with Crippen LogP contribution in [0.3, 0.4) is 0 Å². The molecule has 1 aromatic rings. The monoisotopic (exact) mass is 291 g/mol. The summed E-state index contributed by atoms with van der Waals surface area (Å²) >= 11 is 0. The molecule has 1 aliphatic rings. The molecule has 0 saturated heterocycles. The van der Waals surface area contributed by atoms with Crippen molar-refractivity contribution in [3.05, 3.63) is 17.0 Å². The van der Waals surface area contributed by atoms with E-state index in [0.29, 0.717) is 12.1 Å². The first-order valence-corrected chi connectivity index (χ1v) is 8.97. The van der Waals surface area contributed by atoms with E-state index in [2.05, 4.69) is 37.7 Å². The van der Waals surface area contributed by atoms with Crippen LogP contribution in [0.1, 0.15) is 81.8 Å². The number of hydrogen-bond donors (Lipinski definition) is 1. The predicted octanol–water partition coefficient (Wildman–Crippen LogP) is 4.33. The molecule has 0 bridgehead atoms. The molecule has 1 heterocycles. The van der Waals surface area contributed by atoms with Crippen LogP contribution in [0.25, 0.3) is 0 Å². The summed E-state index contributed by atoms with van der Waals surface area (Å²) in [5.74, 6) is 0. The fourth-order valence-corrected chi connectivity index (χ4v) is 3.86. The second-order valence-electron chi connectivity index (χ2n) is 6.57. The molecule has 2 unspecified atom stereocenters. The average Bonchev–Trinajstić information content (AvgIpc) is 2.72. The summed E-state index contributed by atoms with van der Waals surface area (Å²) in [4.78, 5) is 0. The van der Waals surface area contributed by atoms with E-state index in [4.69, 9.17) is 5.10 Å². The summed E-state index contributed by atoms with van der Waals surface area (Å²) in [7, 11) is 0. The summed E-state index contributed by atoms with van der Waals surface area (Å²) < 4.78 is 2.35. The molecule has 0 aliphatic heterocycles. The Kier molecular flexibility index (Phi) is 6.28. The van der Waals surface area contributed by atoms with E-state index in [9.17, 15) is 0 Å². The first kappa shape index (κ1) is 16.5.